The Balaban J connectivity index is 1.55. The van der Waals surface area contributed by atoms with Crippen molar-refractivity contribution in [1.29, 1.82) is 0 Å². The molecule has 2 heterocycles. The number of likely N-dealkylation sites (N-methyl/N-ethyl adjacent to an activating group) is 1. The summed E-state index contributed by atoms with van der Waals surface area (Å²) in [6, 6.07) is 4.96. The van der Waals surface area contributed by atoms with Crippen LogP contribution in [0.1, 0.15) is 25.3 Å². The molecule has 1 fully saturated rings. The lowest BCUT2D eigenvalue weighted by molar-refractivity contribution is -0.155. The van der Waals surface area contributed by atoms with Crippen molar-refractivity contribution in [3.63, 3.8) is 0 Å². The standard InChI is InChI=1S/C20H25NO7S/c1-14(20(23)21(2)16-8-11-29(24,25)13-16)28-19(22)7-5-15-4-6-17-18(12-15)27-10-3-9-26-17/h4-7,12,14,16H,3,8-11,13H2,1-2H3/b7-5+/t14-,16-/m0/s1. The largest absolute Gasteiger partial charge is 0.490 e. The van der Waals surface area contributed by atoms with Crippen molar-refractivity contribution in [1.82, 2.24) is 4.90 Å². The zero-order valence-corrected chi connectivity index (χ0v) is 17.3. The van der Waals surface area contributed by atoms with Crippen LogP contribution in [0.2, 0.25) is 0 Å². The number of sulfone groups is 1. The van der Waals surface area contributed by atoms with Gasteiger partial charge < -0.3 is 19.1 Å². The minimum Gasteiger partial charge on any atom is -0.490 e. The van der Waals surface area contributed by atoms with Gasteiger partial charge in [0.1, 0.15) is 0 Å². The summed E-state index contributed by atoms with van der Waals surface area (Å²) in [4.78, 5) is 25.9. The Kier molecular flexibility index (Phi) is 6.46. The van der Waals surface area contributed by atoms with Crippen LogP contribution in [0.5, 0.6) is 11.5 Å². The molecular formula is C20H25NO7S. The van der Waals surface area contributed by atoms with Crippen LogP contribution in [-0.2, 0) is 24.2 Å². The van der Waals surface area contributed by atoms with Crippen LogP contribution >= 0.6 is 0 Å². The third-order valence-electron chi connectivity index (χ3n) is 4.93. The highest BCUT2D eigenvalue weighted by Crippen LogP contribution is 2.30. The summed E-state index contributed by atoms with van der Waals surface area (Å²) in [6.07, 6.45) is 3.00. The predicted octanol–water partition coefficient (Wildman–Crippen LogP) is 1.44. The van der Waals surface area contributed by atoms with Gasteiger partial charge in [0.15, 0.2) is 27.4 Å². The molecule has 0 bridgehead atoms. The number of hydrogen-bond donors (Lipinski definition) is 0. The smallest absolute Gasteiger partial charge is 0.331 e. The van der Waals surface area contributed by atoms with Gasteiger partial charge in [0, 0.05) is 25.6 Å². The summed E-state index contributed by atoms with van der Waals surface area (Å²) in [7, 11) is -1.57. The number of rotatable bonds is 5. The molecular weight excluding hydrogens is 398 g/mol. The quantitative estimate of drug-likeness (QED) is 0.522. The van der Waals surface area contributed by atoms with E-state index in [-0.39, 0.29) is 17.5 Å². The molecule has 0 spiro atoms. The number of esters is 1. The molecule has 0 unspecified atom stereocenters. The van der Waals surface area contributed by atoms with Crippen LogP contribution in [-0.4, -0.2) is 69.1 Å². The van der Waals surface area contributed by atoms with E-state index in [0.29, 0.717) is 31.1 Å². The highest BCUT2D eigenvalue weighted by molar-refractivity contribution is 7.91. The van der Waals surface area contributed by atoms with Crippen molar-refractivity contribution in [3.05, 3.63) is 29.8 Å². The maximum absolute atomic E-state index is 12.4. The van der Waals surface area contributed by atoms with Crippen molar-refractivity contribution in [3.8, 4) is 11.5 Å². The Morgan fingerprint density at radius 2 is 1.97 bits per heavy atom. The van der Waals surface area contributed by atoms with Crippen LogP contribution in [0.25, 0.3) is 6.08 Å². The van der Waals surface area contributed by atoms with E-state index in [0.717, 1.165) is 12.0 Å². The van der Waals surface area contributed by atoms with Gasteiger partial charge in [0.25, 0.3) is 5.91 Å². The van der Waals surface area contributed by atoms with Gasteiger partial charge in [-0.1, -0.05) is 6.07 Å². The molecule has 2 aliphatic rings. The van der Waals surface area contributed by atoms with E-state index in [9.17, 15) is 18.0 Å². The first-order valence-electron chi connectivity index (χ1n) is 9.50. The van der Waals surface area contributed by atoms with Gasteiger partial charge in [-0.25, -0.2) is 13.2 Å². The Labute approximate surface area is 170 Å². The average molecular weight is 423 g/mol. The van der Waals surface area contributed by atoms with Crippen LogP contribution in [0.15, 0.2) is 24.3 Å². The number of ether oxygens (including phenoxy) is 3. The summed E-state index contributed by atoms with van der Waals surface area (Å²) < 4.78 is 39.5. The first kappa shape index (κ1) is 21.2. The van der Waals surface area contributed by atoms with Gasteiger partial charge in [0.2, 0.25) is 0 Å². The Morgan fingerprint density at radius 3 is 2.66 bits per heavy atom. The van der Waals surface area contributed by atoms with Crippen LogP contribution < -0.4 is 9.47 Å². The number of fused-ring (bicyclic) bond motifs is 1. The van der Waals surface area contributed by atoms with Crippen LogP contribution in [0.4, 0.5) is 0 Å². The molecule has 9 heteroatoms. The van der Waals surface area contributed by atoms with Gasteiger partial charge in [-0.15, -0.1) is 0 Å². The summed E-state index contributed by atoms with van der Waals surface area (Å²) in [6.45, 7) is 2.64. The topological polar surface area (TPSA) is 99.2 Å². The third kappa shape index (κ3) is 5.50. The second-order valence-electron chi connectivity index (χ2n) is 7.18. The molecule has 0 aliphatic carbocycles. The molecule has 0 aromatic heterocycles. The summed E-state index contributed by atoms with van der Waals surface area (Å²) in [5.41, 5.74) is 0.735. The molecule has 29 heavy (non-hydrogen) atoms. The van der Waals surface area contributed by atoms with Gasteiger partial charge in [-0.2, -0.15) is 0 Å². The second kappa shape index (κ2) is 8.86. The Bertz CT molecular complexity index is 909. The molecule has 0 N–H and O–H groups in total. The fourth-order valence-corrected chi connectivity index (χ4v) is 5.03. The Hall–Kier alpha value is -2.55. The van der Waals surface area contributed by atoms with E-state index in [1.165, 1.54) is 24.9 Å². The zero-order chi connectivity index (χ0) is 21.0. The fourth-order valence-electron chi connectivity index (χ4n) is 3.26. The Morgan fingerprint density at radius 1 is 1.24 bits per heavy atom. The van der Waals surface area contributed by atoms with E-state index in [4.69, 9.17) is 14.2 Å². The highest BCUT2D eigenvalue weighted by Gasteiger charge is 2.34. The van der Waals surface area contributed by atoms with Crippen LogP contribution in [0, 0.1) is 0 Å². The maximum atomic E-state index is 12.4. The lowest BCUT2D eigenvalue weighted by atomic mass is 10.2. The van der Waals surface area contributed by atoms with E-state index in [1.807, 2.05) is 0 Å². The van der Waals surface area contributed by atoms with Gasteiger partial charge >= 0.3 is 5.97 Å². The molecule has 2 atom stereocenters. The number of hydrogen-bond acceptors (Lipinski definition) is 7. The number of carbonyl (C=O) groups is 2. The van der Waals surface area contributed by atoms with E-state index >= 15 is 0 Å². The molecule has 158 valence electrons. The monoisotopic (exact) mass is 423 g/mol. The zero-order valence-electron chi connectivity index (χ0n) is 16.5. The summed E-state index contributed by atoms with van der Waals surface area (Å²) >= 11 is 0. The predicted molar refractivity (Wildman–Crippen MR) is 106 cm³/mol. The number of benzene rings is 1. The van der Waals surface area contributed by atoms with E-state index in [1.54, 1.807) is 24.3 Å². The van der Waals surface area contributed by atoms with E-state index in [2.05, 4.69) is 0 Å². The number of carbonyl (C=O) groups excluding carboxylic acids is 2. The molecule has 2 aliphatic heterocycles. The molecule has 0 saturated carbocycles. The molecule has 1 aromatic rings. The number of nitrogens with zero attached hydrogens (tertiary/aromatic N) is 1. The van der Waals surface area contributed by atoms with Crippen molar-refractivity contribution in [2.75, 3.05) is 31.8 Å². The van der Waals surface area contributed by atoms with Crippen molar-refractivity contribution < 1.29 is 32.2 Å². The minimum atomic E-state index is -3.10. The van der Waals surface area contributed by atoms with Crippen molar-refractivity contribution >= 4 is 27.8 Å². The lowest BCUT2D eigenvalue weighted by Gasteiger charge is -2.26. The highest BCUT2D eigenvalue weighted by atomic mass is 32.2. The normalized spacial score (nSPS) is 21.4. The lowest BCUT2D eigenvalue weighted by Crippen LogP contribution is -2.44. The van der Waals surface area contributed by atoms with E-state index < -0.39 is 27.8 Å². The second-order valence-corrected chi connectivity index (χ2v) is 9.40. The molecule has 1 aromatic carbocycles. The average Bonchev–Trinajstić information content (AvgIpc) is 2.90. The first-order valence-corrected chi connectivity index (χ1v) is 11.3. The molecule has 1 saturated heterocycles. The summed E-state index contributed by atoms with van der Waals surface area (Å²) in [5.74, 6) is 0.213. The first-order chi connectivity index (χ1) is 13.7. The van der Waals surface area contributed by atoms with Crippen molar-refractivity contribution in [2.45, 2.75) is 31.9 Å². The molecule has 8 nitrogen and oxygen atoms in total. The number of amides is 1. The van der Waals surface area contributed by atoms with Gasteiger partial charge in [0.05, 0.1) is 24.7 Å². The fraction of sp³-hybridized carbons (Fsp3) is 0.500. The SMILES string of the molecule is C[C@H](OC(=O)/C=C/c1ccc2c(c1)OCCCO2)C(=O)N(C)[C@H]1CCS(=O)(=O)C1. The molecule has 3 rings (SSSR count). The van der Waals surface area contributed by atoms with Gasteiger partial charge in [-0.05, 0) is 37.1 Å². The summed E-state index contributed by atoms with van der Waals surface area (Å²) in [5, 5.41) is 0. The minimum absolute atomic E-state index is 0.0556. The van der Waals surface area contributed by atoms with Crippen molar-refractivity contribution in [2.24, 2.45) is 0 Å². The van der Waals surface area contributed by atoms with Crippen LogP contribution in [0.3, 0.4) is 0 Å². The third-order valence-corrected chi connectivity index (χ3v) is 6.68. The molecule has 0 radical (unpaired) electrons. The van der Waals surface area contributed by atoms with Gasteiger partial charge in [-0.3, -0.25) is 4.79 Å². The molecule has 1 amide bonds. The maximum Gasteiger partial charge on any atom is 0.331 e.